The number of nitrogens with zero attached hydrogens (tertiary/aromatic N) is 1. The molecule has 0 saturated carbocycles. The Balaban J connectivity index is 1.68. The highest BCUT2D eigenvalue weighted by Crippen LogP contribution is 2.51. The van der Waals surface area contributed by atoms with Crippen molar-refractivity contribution in [2.24, 2.45) is 0 Å². The molecule has 1 heterocycles. The Labute approximate surface area is 223 Å². The molecule has 1 aromatic carbocycles. The number of nitrogens with one attached hydrogen (secondary N) is 3. The Bertz CT molecular complexity index is 1010. The van der Waals surface area contributed by atoms with Crippen LogP contribution < -0.4 is 16.0 Å². The average molecular weight is 553 g/mol. The van der Waals surface area contributed by atoms with E-state index in [1.807, 2.05) is 5.32 Å². The SMILES string of the molecule is CCOP(=O)(Cc1ccc(NC(=O)CCCNC(=O)[C@@H]2CC[C@H](N(C)/C=C\C(=O)NC=O)O2)cc1)OCC. The third-order valence-electron chi connectivity index (χ3n) is 5.55. The molecule has 1 aromatic rings. The van der Waals surface area contributed by atoms with E-state index < -0.39 is 19.6 Å². The lowest BCUT2D eigenvalue weighted by Gasteiger charge is -2.22. The smallest absolute Gasteiger partial charge is 0.335 e. The zero-order chi connectivity index (χ0) is 28.0. The zero-order valence-electron chi connectivity index (χ0n) is 22.0. The van der Waals surface area contributed by atoms with Crippen molar-refractivity contribution in [3.63, 3.8) is 0 Å². The molecule has 210 valence electrons. The third kappa shape index (κ3) is 10.7. The highest BCUT2D eigenvalue weighted by molar-refractivity contribution is 7.53. The van der Waals surface area contributed by atoms with E-state index in [2.05, 4.69) is 10.6 Å². The molecule has 0 spiro atoms. The minimum Gasteiger partial charge on any atom is -0.355 e. The normalized spacial score (nSPS) is 17.2. The molecular weight excluding hydrogens is 515 g/mol. The van der Waals surface area contributed by atoms with Gasteiger partial charge in [-0.05, 0) is 50.8 Å². The van der Waals surface area contributed by atoms with Gasteiger partial charge in [0.2, 0.25) is 18.2 Å². The molecule has 0 aliphatic carbocycles. The van der Waals surface area contributed by atoms with E-state index in [0.717, 1.165) is 5.56 Å². The first-order valence-electron chi connectivity index (χ1n) is 12.5. The largest absolute Gasteiger partial charge is 0.355 e. The van der Waals surface area contributed by atoms with Gasteiger partial charge in [0.25, 0.3) is 5.91 Å². The van der Waals surface area contributed by atoms with Crippen LogP contribution in [0.1, 0.15) is 45.1 Å². The van der Waals surface area contributed by atoms with Gasteiger partial charge in [-0.15, -0.1) is 0 Å². The highest BCUT2D eigenvalue weighted by atomic mass is 31.2. The van der Waals surface area contributed by atoms with E-state index >= 15 is 0 Å². The Morgan fingerprint density at radius 1 is 1.13 bits per heavy atom. The van der Waals surface area contributed by atoms with Gasteiger partial charge in [-0.3, -0.25) is 29.1 Å². The summed E-state index contributed by atoms with van der Waals surface area (Å²) < 4.78 is 29.0. The highest BCUT2D eigenvalue weighted by Gasteiger charge is 2.32. The summed E-state index contributed by atoms with van der Waals surface area (Å²) in [5.41, 5.74) is 1.38. The number of benzene rings is 1. The van der Waals surface area contributed by atoms with E-state index in [-0.39, 0.29) is 30.6 Å². The first-order chi connectivity index (χ1) is 18.2. The standard InChI is InChI=1S/C25H37N4O8P/c1-4-35-38(34,36-5-2)17-19-8-10-20(11-9-19)28-23(32)7-6-15-26-25(33)21-12-13-24(37-21)29(3)16-14-22(31)27-18-30/h8-11,14,16,18,21,24H,4-7,12-13,15,17H2,1-3H3,(H,26,33)(H,28,32)(H,27,30,31)/b16-14-/t21-,24+/m0/s1. The van der Waals surface area contributed by atoms with Crippen LogP contribution in [0.5, 0.6) is 0 Å². The van der Waals surface area contributed by atoms with E-state index in [4.69, 9.17) is 13.8 Å². The minimum absolute atomic E-state index is 0.152. The number of carbonyl (C=O) groups excluding carboxylic acids is 4. The van der Waals surface area contributed by atoms with Crippen molar-refractivity contribution in [3.8, 4) is 0 Å². The van der Waals surface area contributed by atoms with Crippen LogP contribution >= 0.6 is 7.60 Å². The van der Waals surface area contributed by atoms with Crippen LogP contribution in [0.15, 0.2) is 36.5 Å². The lowest BCUT2D eigenvalue weighted by Crippen LogP contribution is -2.37. The maximum absolute atomic E-state index is 12.7. The molecule has 1 aliphatic rings. The summed E-state index contributed by atoms with van der Waals surface area (Å²) in [6, 6.07) is 6.99. The van der Waals surface area contributed by atoms with Gasteiger partial charge in [-0.25, -0.2) is 0 Å². The van der Waals surface area contributed by atoms with Gasteiger partial charge in [0.05, 0.1) is 19.4 Å². The van der Waals surface area contributed by atoms with E-state index in [1.54, 1.807) is 50.1 Å². The Hall–Kier alpha value is -3.05. The van der Waals surface area contributed by atoms with Crippen molar-refractivity contribution in [2.75, 3.05) is 32.1 Å². The number of amides is 4. The van der Waals surface area contributed by atoms with Gasteiger partial charge in [0.1, 0.15) is 12.3 Å². The number of ether oxygens (including phenoxy) is 1. The summed E-state index contributed by atoms with van der Waals surface area (Å²) in [7, 11) is -1.49. The fourth-order valence-corrected chi connectivity index (χ4v) is 5.44. The maximum Gasteiger partial charge on any atom is 0.335 e. The fraction of sp³-hybridized carbons (Fsp3) is 0.520. The van der Waals surface area contributed by atoms with Crippen molar-refractivity contribution in [1.29, 1.82) is 0 Å². The maximum atomic E-state index is 12.7. The van der Waals surface area contributed by atoms with Crippen LogP contribution in [0.25, 0.3) is 0 Å². The first kappa shape index (κ1) is 31.2. The van der Waals surface area contributed by atoms with Crippen molar-refractivity contribution in [2.45, 2.75) is 58.0 Å². The number of rotatable bonds is 16. The summed E-state index contributed by atoms with van der Waals surface area (Å²) in [4.78, 5) is 47.9. The van der Waals surface area contributed by atoms with Crippen LogP contribution in [0.3, 0.4) is 0 Å². The molecule has 2 atom stereocenters. The Morgan fingerprint density at radius 3 is 2.45 bits per heavy atom. The van der Waals surface area contributed by atoms with Crippen molar-refractivity contribution < 1.29 is 37.5 Å². The second-order valence-electron chi connectivity index (χ2n) is 8.51. The van der Waals surface area contributed by atoms with Crippen molar-refractivity contribution in [3.05, 3.63) is 42.1 Å². The molecule has 1 fully saturated rings. The van der Waals surface area contributed by atoms with E-state index in [0.29, 0.717) is 51.1 Å². The molecule has 0 aromatic heterocycles. The van der Waals surface area contributed by atoms with Gasteiger partial charge in [0, 0.05) is 38.0 Å². The van der Waals surface area contributed by atoms with Gasteiger partial charge in [0.15, 0.2) is 0 Å². The van der Waals surface area contributed by atoms with E-state index in [1.165, 1.54) is 12.3 Å². The summed E-state index contributed by atoms with van der Waals surface area (Å²) in [6.07, 6.45) is 3.95. The molecule has 0 radical (unpaired) electrons. The molecule has 4 amide bonds. The summed E-state index contributed by atoms with van der Waals surface area (Å²) >= 11 is 0. The molecule has 2 rings (SSSR count). The second kappa shape index (κ2) is 16.0. The summed E-state index contributed by atoms with van der Waals surface area (Å²) in [5.74, 6) is -0.992. The minimum atomic E-state index is -3.20. The van der Waals surface area contributed by atoms with Crippen LogP contribution in [0.4, 0.5) is 5.69 Å². The lowest BCUT2D eigenvalue weighted by atomic mass is 10.2. The molecule has 3 N–H and O–H groups in total. The predicted molar refractivity (Wildman–Crippen MR) is 141 cm³/mol. The van der Waals surface area contributed by atoms with Crippen LogP contribution in [0.2, 0.25) is 0 Å². The Morgan fingerprint density at radius 2 is 1.82 bits per heavy atom. The quantitative estimate of drug-likeness (QED) is 0.122. The second-order valence-corrected chi connectivity index (χ2v) is 10.6. The number of anilines is 1. The average Bonchev–Trinajstić information content (AvgIpc) is 3.37. The molecule has 12 nitrogen and oxygen atoms in total. The predicted octanol–water partition coefficient (Wildman–Crippen LogP) is 2.51. The monoisotopic (exact) mass is 552 g/mol. The molecular formula is C25H37N4O8P. The zero-order valence-corrected chi connectivity index (χ0v) is 22.9. The number of hydrogen-bond donors (Lipinski definition) is 3. The molecule has 0 bridgehead atoms. The number of hydrogen-bond acceptors (Lipinski definition) is 9. The van der Waals surface area contributed by atoms with Gasteiger partial charge < -0.3 is 29.3 Å². The van der Waals surface area contributed by atoms with E-state index in [9.17, 15) is 23.7 Å². The number of imide groups is 1. The third-order valence-corrected chi connectivity index (χ3v) is 7.61. The van der Waals surface area contributed by atoms with Crippen molar-refractivity contribution >= 4 is 37.4 Å². The molecule has 0 unspecified atom stereocenters. The lowest BCUT2D eigenvalue weighted by molar-refractivity contribution is -0.135. The molecule has 1 saturated heterocycles. The molecule has 13 heteroatoms. The molecule has 1 aliphatic heterocycles. The summed E-state index contributed by atoms with van der Waals surface area (Å²) in [5, 5.41) is 7.59. The van der Waals surface area contributed by atoms with Gasteiger partial charge in [-0.1, -0.05) is 12.1 Å². The molecule has 38 heavy (non-hydrogen) atoms. The van der Waals surface area contributed by atoms with Crippen LogP contribution in [-0.2, 0) is 43.7 Å². The van der Waals surface area contributed by atoms with Crippen LogP contribution in [-0.4, -0.2) is 68.2 Å². The van der Waals surface area contributed by atoms with Gasteiger partial charge in [-0.2, -0.15) is 0 Å². The van der Waals surface area contributed by atoms with Crippen LogP contribution in [0, 0.1) is 0 Å². The number of carbonyl (C=O) groups is 4. The van der Waals surface area contributed by atoms with Crippen molar-refractivity contribution in [1.82, 2.24) is 15.5 Å². The fourth-order valence-electron chi connectivity index (χ4n) is 3.74. The Kier molecular flexibility index (Phi) is 13.1. The first-order valence-corrected chi connectivity index (χ1v) is 14.3. The van der Waals surface area contributed by atoms with Gasteiger partial charge >= 0.3 is 7.60 Å². The summed E-state index contributed by atoms with van der Waals surface area (Å²) in [6.45, 7) is 4.43. The topological polar surface area (TPSA) is 152 Å².